The molecule has 1 aromatic heterocycles. The summed E-state index contributed by atoms with van der Waals surface area (Å²) < 4.78 is 21.4. The number of rotatable bonds is 8. The first kappa shape index (κ1) is 23.6. The van der Waals surface area contributed by atoms with Gasteiger partial charge in [0.05, 0.1) is 25.8 Å². The number of hydrogen-bond donors (Lipinski definition) is 2. The Kier molecular flexibility index (Phi) is 10.4. The number of nitrogens with one attached hydrogen (secondary N) is 2. The van der Waals surface area contributed by atoms with Crippen LogP contribution in [0, 0.1) is 5.82 Å². The van der Waals surface area contributed by atoms with E-state index in [1.807, 2.05) is 30.6 Å². The Labute approximate surface area is 189 Å². The third kappa shape index (κ3) is 7.60. The molecule has 0 radical (unpaired) electrons. The third-order valence-electron chi connectivity index (χ3n) is 4.82. The minimum Gasteiger partial charge on any atom is -0.379 e. The van der Waals surface area contributed by atoms with Crippen molar-refractivity contribution in [1.29, 1.82) is 0 Å². The predicted octanol–water partition coefficient (Wildman–Crippen LogP) is 2.87. The number of aliphatic imine (C=N–C) groups is 1. The second-order valence-electron chi connectivity index (χ2n) is 6.79. The van der Waals surface area contributed by atoms with Crippen LogP contribution < -0.4 is 10.6 Å². The second kappa shape index (κ2) is 12.8. The van der Waals surface area contributed by atoms with Gasteiger partial charge in [0.1, 0.15) is 5.82 Å². The molecule has 1 aliphatic heterocycles. The fraction of sp³-hybridized carbons (Fsp3) is 0.476. The van der Waals surface area contributed by atoms with Gasteiger partial charge >= 0.3 is 0 Å². The summed E-state index contributed by atoms with van der Waals surface area (Å²) >= 11 is 0. The van der Waals surface area contributed by atoms with Crippen molar-refractivity contribution in [2.45, 2.75) is 19.5 Å². The van der Waals surface area contributed by atoms with Gasteiger partial charge in [0, 0.05) is 45.1 Å². The zero-order valence-corrected chi connectivity index (χ0v) is 19.2. The van der Waals surface area contributed by atoms with Crippen LogP contribution in [0.15, 0.2) is 53.8 Å². The maximum absolute atomic E-state index is 13.8. The third-order valence-corrected chi connectivity index (χ3v) is 4.82. The van der Waals surface area contributed by atoms with E-state index in [-0.39, 0.29) is 35.8 Å². The Bertz CT molecular complexity index is 734. The SMILES string of the molecule is CCNC(=NCC(c1cccc(F)c1)N1CCOCC1)NCCn1cccc1.I. The Morgan fingerprint density at radius 1 is 1.17 bits per heavy atom. The van der Waals surface area contributed by atoms with Crippen molar-refractivity contribution in [1.82, 2.24) is 20.1 Å². The van der Waals surface area contributed by atoms with E-state index in [4.69, 9.17) is 9.73 Å². The quantitative estimate of drug-likeness (QED) is 0.323. The molecule has 6 nitrogen and oxygen atoms in total. The normalized spacial score (nSPS) is 16.1. The molecule has 8 heteroatoms. The fourth-order valence-corrected chi connectivity index (χ4v) is 3.38. The minimum absolute atomic E-state index is 0. The molecular formula is C21H31FIN5O. The van der Waals surface area contributed by atoms with Gasteiger partial charge in [-0.25, -0.2) is 4.39 Å². The van der Waals surface area contributed by atoms with Gasteiger partial charge in [-0.05, 0) is 36.8 Å². The Morgan fingerprint density at radius 3 is 2.62 bits per heavy atom. The largest absolute Gasteiger partial charge is 0.379 e. The first-order valence-electron chi connectivity index (χ1n) is 9.96. The molecule has 0 aliphatic carbocycles. The number of nitrogens with zero attached hydrogens (tertiary/aromatic N) is 3. The average Bonchev–Trinajstić information content (AvgIpc) is 3.22. The van der Waals surface area contributed by atoms with E-state index in [1.165, 1.54) is 6.07 Å². The van der Waals surface area contributed by atoms with Crippen molar-refractivity contribution in [3.8, 4) is 0 Å². The summed E-state index contributed by atoms with van der Waals surface area (Å²) in [4.78, 5) is 7.12. The van der Waals surface area contributed by atoms with Crippen LogP contribution >= 0.6 is 24.0 Å². The van der Waals surface area contributed by atoms with Gasteiger partial charge in [-0.1, -0.05) is 12.1 Å². The van der Waals surface area contributed by atoms with E-state index in [0.29, 0.717) is 19.8 Å². The highest BCUT2D eigenvalue weighted by atomic mass is 127. The molecule has 0 spiro atoms. The Hall–Kier alpha value is -1.65. The average molecular weight is 515 g/mol. The van der Waals surface area contributed by atoms with Gasteiger partial charge < -0.3 is 19.9 Å². The molecular weight excluding hydrogens is 484 g/mol. The molecule has 0 amide bonds. The lowest BCUT2D eigenvalue weighted by Gasteiger charge is -2.34. The lowest BCUT2D eigenvalue weighted by Crippen LogP contribution is -2.42. The lowest BCUT2D eigenvalue weighted by molar-refractivity contribution is 0.0179. The van der Waals surface area contributed by atoms with Crippen LogP contribution in [0.25, 0.3) is 0 Å². The lowest BCUT2D eigenvalue weighted by atomic mass is 10.0. The monoisotopic (exact) mass is 515 g/mol. The predicted molar refractivity (Wildman–Crippen MR) is 125 cm³/mol. The molecule has 1 aliphatic rings. The summed E-state index contributed by atoms with van der Waals surface area (Å²) in [6.45, 7) is 8.10. The van der Waals surface area contributed by atoms with Gasteiger partial charge in [-0.3, -0.25) is 9.89 Å². The van der Waals surface area contributed by atoms with Gasteiger partial charge in [-0.2, -0.15) is 0 Å². The minimum atomic E-state index is -0.212. The van der Waals surface area contributed by atoms with Crippen molar-refractivity contribution < 1.29 is 9.13 Å². The van der Waals surface area contributed by atoms with Crippen LogP contribution in [-0.2, 0) is 11.3 Å². The highest BCUT2D eigenvalue weighted by Gasteiger charge is 2.23. The highest BCUT2D eigenvalue weighted by molar-refractivity contribution is 14.0. The molecule has 1 unspecified atom stereocenters. The molecule has 29 heavy (non-hydrogen) atoms. The van der Waals surface area contributed by atoms with Crippen LogP contribution in [0.4, 0.5) is 4.39 Å². The van der Waals surface area contributed by atoms with Crippen molar-refractivity contribution in [2.24, 2.45) is 4.99 Å². The molecule has 1 saturated heterocycles. The Morgan fingerprint density at radius 2 is 1.93 bits per heavy atom. The number of ether oxygens (including phenoxy) is 1. The summed E-state index contributed by atoms with van der Waals surface area (Å²) in [5.41, 5.74) is 0.953. The number of benzene rings is 1. The van der Waals surface area contributed by atoms with Crippen LogP contribution in [0.1, 0.15) is 18.5 Å². The van der Waals surface area contributed by atoms with Gasteiger partial charge in [0.25, 0.3) is 0 Å². The van der Waals surface area contributed by atoms with E-state index < -0.39 is 0 Å². The molecule has 160 valence electrons. The number of aromatic nitrogens is 1. The molecule has 1 atom stereocenters. The standard InChI is InChI=1S/C21H30FN5O.HI/c1-2-23-21(24-8-11-26-9-3-4-10-26)25-17-20(27-12-14-28-15-13-27)18-6-5-7-19(22)16-18;/h3-7,9-10,16,20H,2,8,11-15,17H2,1H3,(H2,23,24,25);1H. The van der Waals surface area contributed by atoms with Crippen LogP contribution in [0.3, 0.4) is 0 Å². The summed E-state index contributed by atoms with van der Waals surface area (Å²) in [6, 6.07) is 10.9. The molecule has 3 rings (SSSR count). The fourth-order valence-electron chi connectivity index (χ4n) is 3.38. The van der Waals surface area contributed by atoms with Crippen LogP contribution in [0.2, 0.25) is 0 Å². The van der Waals surface area contributed by atoms with Gasteiger partial charge in [0.2, 0.25) is 0 Å². The molecule has 0 saturated carbocycles. The first-order valence-corrected chi connectivity index (χ1v) is 9.96. The van der Waals surface area contributed by atoms with Crippen LogP contribution in [0.5, 0.6) is 0 Å². The molecule has 2 heterocycles. The maximum atomic E-state index is 13.8. The maximum Gasteiger partial charge on any atom is 0.191 e. The van der Waals surface area contributed by atoms with Crippen molar-refractivity contribution >= 4 is 29.9 Å². The highest BCUT2D eigenvalue weighted by Crippen LogP contribution is 2.23. The molecule has 1 fully saturated rings. The summed E-state index contributed by atoms with van der Waals surface area (Å²) in [5, 5.41) is 6.68. The smallest absolute Gasteiger partial charge is 0.191 e. The van der Waals surface area contributed by atoms with Gasteiger partial charge in [0.15, 0.2) is 5.96 Å². The number of morpholine rings is 1. The summed E-state index contributed by atoms with van der Waals surface area (Å²) in [5.74, 6) is 0.570. The molecule has 0 bridgehead atoms. The van der Waals surface area contributed by atoms with Crippen molar-refractivity contribution in [2.75, 3.05) is 45.9 Å². The number of hydrogen-bond acceptors (Lipinski definition) is 3. The second-order valence-corrected chi connectivity index (χ2v) is 6.79. The van der Waals surface area contributed by atoms with Crippen LogP contribution in [-0.4, -0.2) is 61.4 Å². The molecule has 2 aromatic rings. The van der Waals surface area contributed by atoms with Crippen molar-refractivity contribution in [3.63, 3.8) is 0 Å². The molecule has 1 aromatic carbocycles. The van der Waals surface area contributed by atoms with E-state index in [1.54, 1.807) is 12.1 Å². The number of halogens is 2. The Balaban J connectivity index is 0.00000300. The zero-order valence-electron chi connectivity index (χ0n) is 16.9. The zero-order chi connectivity index (χ0) is 19.6. The van der Waals surface area contributed by atoms with E-state index >= 15 is 0 Å². The number of guanidine groups is 1. The first-order chi connectivity index (χ1) is 13.8. The molecule has 2 N–H and O–H groups in total. The van der Waals surface area contributed by atoms with E-state index in [2.05, 4.69) is 27.0 Å². The van der Waals surface area contributed by atoms with Gasteiger partial charge in [-0.15, -0.1) is 24.0 Å². The van der Waals surface area contributed by atoms with E-state index in [0.717, 1.165) is 44.2 Å². The van der Waals surface area contributed by atoms with Crippen molar-refractivity contribution in [3.05, 3.63) is 60.2 Å². The summed E-state index contributed by atoms with van der Waals surface area (Å²) in [6.07, 6.45) is 4.09. The van der Waals surface area contributed by atoms with E-state index in [9.17, 15) is 4.39 Å². The topological polar surface area (TPSA) is 53.8 Å². The summed E-state index contributed by atoms with van der Waals surface area (Å²) in [7, 11) is 0.